The number of aromatic nitrogens is 2. The minimum absolute atomic E-state index is 0.0569. The van der Waals surface area contributed by atoms with Gasteiger partial charge in [0.05, 0.1) is 38.1 Å². The number of benzene rings is 2. The lowest BCUT2D eigenvalue weighted by Crippen LogP contribution is -2.38. The standard InChI is InChI=1S/C33H43FN8O5.C25H31FN4O4.C14H25N3O2.C4H8O/c34-27-19-24(8-12-29(27)47-18-13-22-5-9-26(10-6-22)38-30(43)21-37-40-35)28(20-31(44)45)42-17-16-41(33(42)46)15-2-4-25-11-7-23-3-1-14-36-32(23)39-25;1-2-34-23(32)16-21(18-8-10-22(31)20(26)15-18)30-14-13-29(25(30)33)12-4-6-19-9-7-17-5-3-11-27-24(17)28-19;15-17-16-9-2-1-3-14(19)11-13-6-4-12(5-7-13)8-10-18;1-2-4-5-3-1/h7-8,11-12,19,22,26,28H,1-6,9-10,13-18,20-21H2,(H,36,39)(H,38,43)(H,44,45);7-10,15,21,31H,2-6,11-14,16H2,1H3,(H,27,28);12-13,18H,1-11H2;1-4H2/t22?,26?,28-;21-;;/m00../s1. The van der Waals surface area contributed by atoms with Crippen molar-refractivity contribution in [1.29, 1.82) is 0 Å². The zero-order valence-corrected chi connectivity index (χ0v) is 60.9. The number of aliphatic hydroxyl groups excluding tert-OH is 1. The molecule has 7 heterocycles. The summed E-state index contributed by atoms with van der Waals surface area (Å²) in [5.41, 5.74) is 21.8. The number of carboxylic acids is 1. The molecule has 2 aromatic heterocycles. The summed E-state index contributed by atoms with van der Waals surface area (Å²) in [7, 11) is 0. The SMILES string of the molecule is C1CCOC1.CCOC(=O)C[C@@H](c1ccc(O)c(F)c1)N1CCN(CCCc2ccc3c(n2)NCCC3)C1=O.[N-]=[N+]=NCC(=O)NC1CCC(CCOc2ccc([C@H](CC(=O)O)N3CCN(CCCc4ccc5c(n4)NCCC5)C3=O)cc2F)CC1.[N-]=[N+]=NCCCCC(=O)CC1CCC(CCO)CC1. The first-order valence-electron chi connectivity index (χ1n) is 37.9. The van der Waals surface area contributed by atoms with Crippen molar-refractivity contribution in [2.24, 2.45) is 28.0 Å². The molecule has 0 spiro atoms. The lowest BCUT2D eigenvalue weighted by Gasteiger charge is -2.29. The van der Waals surface area contributed by atoms with Crippen molar-refractivity contribution in [2.75, 3.05) is 109 Å². The van der Waals surface area contributed by atoms with Crippen LogP contribution in [0.3, 0.4) is 0 Å². The number of carbonyl (C=O) groups is 6. The number of pyridine rings is 2. The summed E-state index contributed by atoms with van der Waals surface area (Å²) >= 11 is 0. The molecule has 2 aromatic carbocycles. The van der Waals surface area contributed by atoms with Crippen molar-refractivity contribution >= 4 is 47.3 Å². The Bertz CT molecular complexity index is 3560. The Labute approximate surface area is 614 Å². The minimum Gasteiger partial charge on any atom is -0.505 e. The fourth-order valence-corrected chi connectivity index (χ4v) is 14.7. The molecule has 5 aliphatic heterocycles. The van der Waals surface area contributed by atoms with Crippen molar-refractivity contribution in [3.05, 3.63) is 127 Å². The molecule has 7 aliphatic rings. The van der Waals surface area contributed by atoms with E-state index in [1.54, 1.807) is 27.7 Å². The number of anilines is 2. The number of nitrogens with one attached hydrogen (secondary N) is 3. The Morgan fingerprint density at radius 2 is 1.26 bits per heavy atom. The number of ketones is 1. The number of Topliss-reactive ketones (excluding diaryl/α,β-unsaturated/α-hetero) is 1. The highest BCUT2D eigenvalue weighted by atomic mass is 19.1. The number of hydrogen-bond acceptors (Lipinski definition) is 17. The molecular weight excluding hydrogens is 1350 g/mol. The summed E-state index contributed by atoms with van der Waals surface area (Å²) in [4.78, 5) is 95.5. The van der Waals surface area contributed by atoms with Gasteiger partial charge in [-0.05, 0) is 223 Å². The van der Waals surface area contributed by atoms with Crippen LogP contribution in [0.1, 0.15) is 194 Å². The number of azide groups is 2. The number of aryl methyl sites for hydroxylation is 4. The van der Waals surface area contributed by atoms with Crippen molar-refractivity contribution < 1.29 is 67.1 Å². The highest BCUT2D eigenvalue weighted by molar-refractivity contribution is 5.80. The van der Waals surface area contributed by atoms with Gasteiger partial charge in [-0.3, -0.25) is 19.2 Å². The van der Waals surface area contributed by atoms with Crippen molar-refractivity contribution in [3.63, 3.8) is 0 Å². The van der Waals surface area contributed by atoms with Gasteiger partial charge in [-0.15, -0.1) is 0 Å². The zero-order chi connectivity index (χ0) is 74.7. The van der Waals surface area contributed by atoms with Crippen LogP contribution in [-0.4, -0.2) is 185 Å². The normalized spacial score (nSPS) is 19.4. The van der Waals surface area contributed by atoms with Gasteiger partial charge in [0.2, 0.25) is 5.91 Å². The van der Waals surface area contributed by atoms with Crippen LogP contribution in [0, 0.1) is 29.4 Å². The summed E-state index contributed by atoms with van der Waals surface area (Å²) in [5, 5.41) is 44.4. The Morgan fingerprint density at radius 1 is 0.695 bits per heavy atom. The summed E-state index contributed by atoms with van der Waals surface area (Å²) in [6.07, 6.45) is 22.1. The van der Waals surface area contributed by atoms with Crippen LogP contribution in [0.15, 0.2) is 70.9 Å². The molecule has 5 fully saturated rings. The highest BCUT2D eigenvalue weighted by Gasteiger charge is 2.38. The Morgan fingerprint density at radius 3 is 1.80 bits per heavy atom. The van der Waals surface area contributed by atoms with Crippen LogP contribution < -0.4 is 20.7 Å². The van der Waals surface area contributed by atoms with E-state index in [4.69, 9.17) is 40.3 Å². The smallest absolute Gasteiger partial charge is 0.320 e. The lowest BCUT2D eigenvalue weighted by atomic mass is 9.78. The van der Waals surface area contributed by atoms with Gasteiger partial charge in [0.25, 0.3) is 0 Å². The molecular formula is C76H107F2N15O12. The Kier molecular flexibility index (Phi) is 34.2. The van der Waals surface area contributed by atoms with Gasteiger partial charge in [0.1, 0.15) is 24.0 Å². The van der Waals surface area contributed by atoms with Gasteiger partial charge in [0.15, 0.2) is 23.1 Å². The Balaban J connectivity index is 0.000000208. The lowest BCUT2D eigenvalue weighted by molar-refractivity contribution is -0.144. The molecule has 2 saturated carbocycles. The van der Waals surface area contributed by atoms with Gasteiger partial charge in [-0.1, -0.05) is 47.3 Å². The molecule has 6 N–H and O–H groups in total. The molecule has 11 rings (SSSR count). The molecule has 105 heavy (non-hydrogen) atoms. The number of hydrogen-bond donors (Lipinski definition) is 6. The molecule has 2 atom stereocenters. The fourth-order valence-electron chi connectivity index (χ4n) is 14.7. The largest absolute Gasteiger partial charge is 0.505 e. The molecule has 3 saturated heterocycles. The van der Waals surface area contributed by atoms with Crippen LogP contribution in [0.5, 0.6) is 11.5 Å². The number of nitrogens with zero attached hydrogens (tertiary/aromatic N) is 12. The molecule has 0 unspecified atom stereocenters. The average molecular weight is 1460 g/mol. The number of halogens is 2. The number of urea groups is 2. The number of esters is 1. The van der Waals surface area contributed by atoms with Crippen LogP contribution in [-0.2, 0) is 54.3 Å². The fraction of sp³-hybridized carbons (Fsp3) is 0.632. The van der Waals surface area contributed by atoms with Gasteiger partial charge in [-0.2, -0.15) is 0 Å². The molecule has 572 valence electrons. The van der Waals surface area contributed by atoms with Crippen molar-refractivity contribution in [2.45, 2.75) is 192 Å². The highest BCUT2D eigenvalue weighted by Crippen LogP contribution is 2.36. The number of carboxylic acid groups (broad SMARTS) is 1. The van der Waals surface area contributed by atoms with Crippen molar-refractivity contribution in [3.8, 4) is 11.5 Å². The second-order valence-corrected chi connectivity index (χ2v) is 28.0. The summed E-state index contributed by atoms with van der Waals surface area (Å²) in [6, 6.07) is 14.9. The van der Waals surface area contributed by atoms with Gasteiger partial charge >= 0.3 is 24.0 Å². The quantitative estimate of drug-likeness (QED) is 0.00848. The van der Waals surface area contributed by atoms with Crippen LogP contribution in [0.25, 0.3) is 20.9 Å². The molecule has 0 radical (unpaired) electrons. The summed E-state index contributed by atoms with van der Waals surface area (Å²) in [5.74, 6) is 0.294. The topological polar surface area (TPSA) is 363 Å². The Hall–Kier alpha value is -9.04. The number of amides is 5. The van der Waals surface area contributed by atoms with Crippen LogP contribution >= 0.6 is 0 Å². The number of phenols is 1. The second-order valence-electron chi connectivity index (χ2n) is 28.0. The monoisotopic (exact) mass is 1460 g/mol. The predicted octanol–water partition coefficient (Wildman–Crippen LogP) is 13.3. The number of aliphatic carboxylic acids is 1. The number of unbranched alkanes of at least 4 members (excludes halogenated alkanes) is 1. The van der Waals surface area contributed by atoms with E-state index in [1.807, 2.05) is 6.07 Å². The number of aliphatic hydroxyl groups is 1. The number of fused-ring (bicyclic) bond motifs is 2. The minimum atomic E-state index is -1.07. The molecule has 27 nitrogen and oxygen atoms in total. The van der Waals surface area contributed by atoms with Gasteiger partial charge in [0, 0.05) is 119 Å². The van der Waals surface area contributed by atoms with E-state index in [2.05, 4.69) is 54.2 Å². The van der Waals surface area contributed by atoms with E-state index in [9.17, 15) is 43.4 Å². The van der Waals surface area contributed by atoms with E-state index < -0.39 is 41.4 Å². The maximum Gasteiger partial charge on any atom is 0.320 e. The van der Waals surface area contributed by atoms with Gasteiger partial charge < -0.3 is 65.1 Å². The molecule has 5 amide bonds. The number of carbonyl (C=O) groups excluding carboxylic acids is 5. The van der Waals surface area contributed by atoms with Crippen LogP contribution in [0.2, 0.25) is 0 Å². The third-order valence-electron chi connectivity index (χ3n) is 20.5. The maximum atomic E-state index is 15.2. The van der Waals surface area contributed by atoms with Crippen molar-refractivity contribution in [1.82, 2.24) is 34.9 Å². The predicted molar refractivity (Wildman–Crippen MR) is 392 cm³/mol. The van der Waals surface area contributed by atoms with E-state index in [0.717, 1.165) is 178 Å². The first-order valence-corrected chi connectivity index (χ1v) is 37.9. The third kappa shape index (κ3) is 26.8. The molecule has 4 aromatic rings. The third-order valence-corrected chi connectivity index (χ3v) is 20.5. The first kappa shape index (κ1) is 81.6. The summed E-state index contributed by atoms with van der Waals surface area (Å²) < 4.78 is 45.0. The van der Waals surface area contributed by atoms with Gasteiger partial charge in [-0.25, -0.2) is 28.3 Å². The molecule has 29 heteroatoms. The second kappa shape index (κ2) is 44.0. The van der Waals surface area contributed by atoms with E-state index in [-0.39, 0.29) is 55.8 Å². The zero-order valence-electron chi connectivity index (χ0n) is 60.9. The molecule has 0 bridgehead atoms. The number of phenolic OH excluding ortho intramolecular Hbond substituents is 1. The number of ether oxygens (including phenoxy) is 3. The van der Waals surface area contributed by atoms with E-state index in [0.29, 0.717) is 107 Å². The molecule has 2 aliphatic carbocycles. The average Bonchev–Trinajstić information content (AvgIpc) is 1.74. The van der Waals surface area contributed by atoms with Crippen LogP contribution in [0.4, 0.5) is 30.0 Å². The summed E-state index contributed by atoms with van der Waals surface area (Å²) in [6.45, 7) is 9.58. The van der Waals surface area contributed by atoms with E-state index >= 15 is 4.39 Å². The number of rotatable bonds is 33. The maximum absolute atomic E-state index is 15.2. The number of aromatic hydroxyl groups is 1. The first-order chi connectivity index (χ1) is 51.0. The van der Waals surface area contributed by atoms with E-state index in [1.165, 1.54) is 59.2 Å².